The van der Waals surface area contributed by atoms with Crippen LogP contribution in [-0.2, 0) is 5.41 Å². The van der Waals surface area contributed by atoms with Crippen LogP contribution < -0.4 is 4.74 Å². The highest BCUT2D eigenvalue weighted by molar-refractivity contribution is 5.70. The summed E-state index contributed by atoms with van der Waals surface area (Å²) in [6, 6.07) is 31.0. The maximum absolute atomic E-state index is 10.1. The van der Waals surface area contributed by atoms with Crippen LogP contribution in [0, 0.1) is 0 Å². The number of hydrogen-bond acceptors (Lipinski definition) is 3. The minimum atomic E-state index is -0.632. The molecule has 0 radical (unpaired) electrons. The highest BCUT2D eigenvalue weighted by Gasteiger charge is 2.45. The summed E-state index contributed by atoms with van der Waals surface area (Å²) in [5, 5.41) is 20.1. The van der Waals surface area contributed by atoms with Crippen LogP contribution in [0.1, 0.15) is 22.3 Å². The van der Waals surface area contributed by atoms with Crippen molar-refractivity contribution in [2.24, 2.45) is 0 Å². The van der Waals surface area contributed by atoms with E-state index in [1.54, 1.807) is 24.3 Å². The molecular weight excluding hydrogens is 348 g/mol. The van der Waals surface area contributed by atoms with Gasteiger partial charge in [0.05, 0.1) is 5.41 Å². The Kier molecular flexibility index (Phi) is 3.63. The zero-order valence-corrected chi connectivity index (χ0v) is 15.0. The van der Waals surface area contributed by atoms with Gasteiger partial charge in [-0.2, -0.15) is 0 Å². The van der Waals surface area contributed by atoms with Gasteiger partial charge in [0, 0.05) is 23.3 Å². The van der Waals surface area contributed by atoms with E-state index < -0.39 is 5.41 Å². The van der Waals surface area contributed by atoms with Gasteiger partial charge in [0.2, 0.25) is 0 Å². The van der Waals surface area contributed by atoms with E-state index in [9.17, 15) is 10.2 Å². The molecule has 4 aromatic carbocycles. The van der Waals surface area contributed by atoms with Gasteiger partial charge >= 0.3 is 0 Å². The van der Waals surface area contributed by atoms with Crippen molar-refractivity contribution in [3.05, 3.63) is 119 Å². The zero-order valence-electron chi connectivity index (χ0n) is 15.0. The van der Waals surface area contributed by atoms with E-state index in [4.69, 9.17) is 4.74 Å². The third-order valence-corrected chi connectivity index (χ3v) is 5.37. The molecule has 0 spiro atoms. The summed E-state index contributed by atoms with van der Waals surface area (Å²) >= 11 is 0. The first-order chi connectivity index (χ1) is 13.7. The molecule has 1 heterocycles. The van der Waals surface area contributed by atoms with Gasteiger partial charge in [0.15, 0.2) is 0 Å². The van der Waals surface area contributed by atoms with Crippen LogP contribution in [0.5, 0.6) is 23.0 Å². The highest BCUT2D eigenvalue weighted by Crippen LogP contribution is 2.56. The first kappa shape index (κ1) is 16.5. The summed E-state index contributed by atoms with van der Waals surface area (Å²) in [5.74, 6) is 1.42. The Bertz CT molecular complexity index is 1060. The van der Waals surface area contributed by atoms with Crippen molar-refractivity contribution >= 4 is 0 Å². The number of phenols is 2. The third-order valence-electron chi connectivity index (χ3n) is 5.37. The van der Waals surface area contributed by atoms with E-state index in [-0.39, 0.29) is 11.5 Å². The normalized spacial score (nSPS) is 13.9. The Morgan fingerprint density at radius 2 is 0.964 bits per heavy atom. The molecule has 0 saturated carbocycles. The fourth-order valence-corrected chi connectivity index (χ4v) is 4.24. The number of fused-ring (bicyclic) bond motifs is 2. The van der Waals surface area contributed by atoms with Gasteiger partial charge in [-0.25, -0.2) is 0 Å². The predicted octanol–water partition coefficient (Wildman–Crippen LogP) is 5.59. The lowest BCUT2D eigenvalue weighted by molar-refractivity contribution is 0.415. The molecule has 0 atom stereocenters. The summed E-state index contributed by atoms with van der Waals surface area (Å²) in [7, 11) is 0. The van der Waals surface area contributed by atoms with Gasteiger partial charge in [-0.15, -0.1) is 0 Å². The van der Waals surface area contributed by atoms with Crippen molar-refractivity contribution in [2.45, 2.75) is 5.41 Å². The largest absolute Gasteiger partial charge is 0.508 e. The topological polar surface area (TPSA) is 49.7 Å². The van der Waals surface area contributed by atoms with Gasteiger partial charge in [0.1, 0.15) is 23.0 Å². The summed E-state index contributed by atoms with van der Waals surface area (Å²) in [5.41, 5.74) is 3.43. The van der Waals surface area contributed by atoms with E-state index in [1.165, 1.54) is 0 Å². The SMILES string of the molecule is Oc1ccc2c(c1)Oc1cc(O)ccc1C2(c1ccccc1)c1ccccc1. The minimum Gasteiger partial charge on any atom is -0.508 e. The quantitative estimate of drug-likeness (QED) is 0.428. The first-order valence-electron chi connectivity index (χ1n) is 9.15. The van der Waals surface area contributed by atoms with Gasteiger partial charge in [-0.3, -0.25) is 0 Å². The monoisotopic (exact) mass is 366 g/mol. The molecule has 1 aliphatic rings. The van der Waals surface area contributed by atoms with Crippen molar-refractivity contribution in [3.63, 3.8) is 0 Å². The molecule has 2 N–H and O–H groups in total. The Morgan fingerprint density at radius 3 is 1.39 bits per heavy atom. The van der Waals surface area contributed by atoms with E-state index in [1.807, 2.05) is 48.5 Å². The average Bonchev–Trinajstić information content (AvgIpc) is 2.73. The van der Waals surface area contributed by atoms with Crippen LogP contribution in [0.4, 0.5) is 0 Å². The van der Waals surface area contributed by atoms with Crippen molar-refractivity contribution < 1.29 is 14.9 Å². The van der Waals surface area contributed by atoms with Gasteiger partial charge in [0.25, 0.3) is 0 Å². The minimum absolute atomic E-state index is 0.136. The second kappa shape index (κ2) is 6.17. The van der Waals surface area contributed by atoms with Crippen molar-refractivity contribution in [1.29, 1.82) is 0 Å². The van der Waals surface area contributed by atoms with E-state index in [0.717, 1.165) is 22.3 Å². The smallest absolute Gasteiger partial charge is 0.135 e. The number of rotatable bonds is 2. The molecule has 3 heteroatoms. The van der Waals surface area contributed by atoms with E-state index in [2.05, 4.69) is 24.3 Å². The molecule has 136 valence electrons. The lowest BCUT2D eigenvalue weighted by atomic mass is 9.63. The van der Waals surface area contributed by atoms with Gasteiger partial charge in [-0.05, 0) is 23.3 Å². The lowest BCUT2D eigenvalue weighted by Crippen LogP contribution is -2.34. The summed E-state index contributed by atoms with van der Waals surface area (Å²) in [6.07, 6.45) is 0. The second-order valence-electron chi connectivity index (χ2n) is 6.95. The molecular formula is C25H18O3. The molecule has 0 aliphatic carbocycles. The molecule has 0 saturated heterocycles. The molecule has 1 aliphatic heterocycles. The molecule has 3 nitrogen and oxygen atoms in total. The Balaban J connectivity index is 1.97. The fourth-order valence-electron chi connectivity index (χ4n) is 4.24. The molecule has 4 aromatic rings. The second-order valence-corrected chi connectivity index (χ2v) is 6.95. The van der Waals surface area contributed by atoms with Crippen LogP contribution in [0.3, 0.4) is 0 Å². The lowest BCUT2D eigenvalue weighted by Gasteiger charge is -2.41. The van der Waals surface area contributed by atoms with E-state index in [0.29, 0.717) is 11.5 Å². The van der Waals surface area contributed by atoms with Gasteiger partial charge < -0.3 is 14.9 Å². The number of phenolic OH excluding ortho intramolecular Hbond substituents is 2. The number of ether oxygens (including phenoxy) is 1. The number of aromatic hydroxyl groups is 2. The van der Waals surface area contributed by atoms with Gasteiger partial charge in [-0.1, -0.05) is 72.8 Å². The van der Waals surface area contributed by atoms with Crippen LogP contribution in [-0.4, -0.2) is 10.2 Å². The third kappa shape index (κ3) is 2.30. The Morgan fingerprint density at radius 1 is 0.536 bits per heavy atom. The van der Waals surface area contributed by atoms with E-state index >= 15 is 0 Å². The first-order valence-corrected chi connectivity index (χ1v) is 9.15. The zero-order chi connectivity index (χ0) is 19.1. The van der Waals surface area contributed by atoms with Crippen LogP contribution in [0.15, 0.2) is 97.1 Å². The molecule has 0 amide bonds. The predicted molar refractivity (Wildman–Crippen MR) is 108 cm³/mol. The highest BCUT2D eigenvalue weighted by atomic mass is 16.5. The average molecular weight is 366 g/mol. The summed E-state index contributed by atoms with van der Waals surface area (Å²) < 4.78 is 6.12. The summed E-state index contributed by atoms with van der Waals surface area (Å²) in [6.45, 7) is 0. The maximum Gasteiger partial charge on any atom is 0.135 e. The standard InChI is InChI=1S/C25H18O3/c26-19-11-13-21-23(15-19)28-24-16-20(27)12-14-22(24)25(21,17-7-3-1-4-8-17)18-9-5-2-6-10-18/h1-16,26-27H. The van der Waals surface area contributed by atoms with Crippen LogP contribution >= 0.6 is 0 Å². The molecule has 0 aromatic heterocycles. The maximum atomic E-state index is 10.1. The van der Waals surface area contributed by atoms with Crippen LogP contribution in [0.2, 0.25) is 0 Å². The molecule has 0 fully saturated rings. The molecule has 5 rings (SSSR count). The molecule has 0 unspecified atom stereocenters. The molecule has 0 bridgehead atoms. The number of hydrogen-bond donors (Lipinski definition) is 2. The van der Waals surface area contributed by atoms with Crippen molar-refractivity contribution in [1.82, 2.24) is 0 Å². The number of benzene rings is 4. The van der Waals surface area contributed by atoms with Crippen molar-refractivity contribution in [2.75, 3.05) is 0 Å². The fraction of sp³-hybridized carbons (Fsp3) is 0.0400. The Labute approximate surface area is 163 Å². The van der Waals surface area contributed by atoms with Crippen molar-refractivity contribution in [3.8, 4) is 23.0 Å². The van der Waals surface area contributed by atoms with Crippen LogP contribution in [0.25, 0.3) is 0 Å². The molecule has 28 heavy (non-hydrogen) atoms. The Hall–Kier alpha value is -3.72. The summed E-state index contributed by atoms with van der Waals surface area (Å²) in [4.78, 5) is 0.